The average Bonchev–Trinajstić information content (AvgIpc) is 1.56. The summed E-state index contributed by atoms with van der Waals surface area (Å²) in [4.78, 5) is 21.2. The fourth-order valence-electron chi connectivity index (χ4n) is 13.5. The van der Waals surface area contributed by atoms with E-state index in [2.05, 4.69) is 362 Å². The molecule has 0 bridgehead atoms. The van der Waals surface area contributed by atoms with Gasteiger partial charge in [0, 0.05) is 50.2 Å². The molecule has 0 radical (unpaired) electrons. The van der Waals surface area contributed by atoms with Crippen molar-refractivity contribution in [3.63, 3.8) is 0 Å². The van der Waals surface area contributed by atoms with Crippen molar-refractivity contribution >= 4 is 88.2 Å². The topological polar surface area (TPSA) is 50.1 Å². The van der Waals surface area contributed by atoms with Crippen LogP contribution in [-0.2, 0) is 16.2 Å². The summed E-state index contributed by atoms with van der Waals surface area (Å²) in [6, 6.07) is 104. The Morgan fingerprint density at radius 1 is 0.280 bits per heavy atom. The van der Waals surface area contributed by atoms with Crippen LogP contribution in [0.1, 0.15) is 79.0 Å². The van der Waals surface area contributed by atoms with Crippen molar-refractivity contribution in [2.24, 2.45) is 0 Å². The van der Waals surface area contributed by atoms with E-state index in [0.29, 0.717) is 17.6 Å². The summed E-state index contributed by atoms with van der Waals surface area (Å²) in [5.74, 6) is 1.73. The number of anilines is 6. The maximum Gasteiger partial charge on any atom is 0.238 e. The van der Waals surface area contributed by atoms with E-state index < -0.39 is 0 Å². The molecule has 0 aliphatic heterocycles. The summed E-state index contributed by atoms with van der Waals surface area (Å²) in [5, 5.41) is 9.45. The maximum atomic E-state index is 5.44. The van der Waals surface area contributed by atoms with Crippen LogP contribution in [0.4, 0.5) is 34.1 Å². The van der Waals surface area contributed by atoms with Gasteiger partial charge in [0.15, 0.2) is 11.6 Å². The molecule has 0 unspecified atom stereocenters. The van der Waals surface area contributed by atoms with Gasteiger partial charge in [0.2, 0.25) is 5.95 Å². The second-order valence-corrected chi connectivity index (χ2v) is 27.7. The molecule has 0 fully saturated rings. The van der Waals surface area contributed by atoms with E-state index >= 15 is 0 Å². The highest BCUT2D eigenvalue weighted by Gasteiger charge is 2.30. The zero-order valence-corrected chi connectivity index (χ0v) is 54.3. The summed E-state index contributed by atoms with van der Waals surface area (Å²) in [5.41, 5.74) is 18.0. The Hall–Kier alpha value is -11.0. The number of para-hydroxylation sites is 2. The highest BCUT2D eigenvalue weighted by atomic mass is 15.2. The predicted octanol–water partition coefficient (Wildman–Crippen LogP) is 23.9. The standard InChI is InChI=1S/C87H74N6/c1-85(2,3)62-42-50-67(51-43-62)91(65-46-38-58(39-47-65)76-54-61-27-14-16-30-70(61)71-31-17-18-32-72(71)76)79-55-64(87(7,8)9)56-80(81(79)59-25-11-10-12-26-59)92(68-52-44-63(45-53-68)86(4,5)6)66-48-40-60(41-49-66)82-88-83(75-35-23-28-57-24-13-15-29-69(57)75)90-84(89-82)93-77-36-21-19-33-73(77)74-34-20-22-37-78(74)93/h10-56H,1-9H3. The molecule has 6 heteroatoms. The van der Waals surface area contributed by atoms with Gasteiger partial charge in [-0.25, -0.2) is 4.98 Å². The number of aromatic nitrogens is 4. The molecule has 2 heterocycles. The Morgan fingerprint density at radius 3 is 1.24 bits per heavy atom. The summed E-state index contributed by atoms with van der Waals surface area (Å²) >= 11 is 0. The van der Waals surface area contributed by atoms with Gasteiger partial charge in [-0.3, -0.25) is 4.57 Å². The van der Waals surface area contributed by atoms with E-state index in [1.807, 2.05) is 0 Å². The first kappa shape index (κ1) is 58.4. The van der Waals surface area contributed by atoms with E-state index in [9.17, 15) is 0 Å². The minimum Gasteiger partial charge on any atom is -0.310 e. The summed E-state index contributed by atoms with van der Waals surface area (Å²) in [6.07, 6.45) is 0. The van der Waals surface area contributed by atoms with Gasteiger partial charge in [-0.05, 0) is 173 Å². The molecule has 0 spiro atoms. The van der Waals surface area contributed by atoms with Crippen molar-refractivity contribution in [1.29, 1.82) is 0 Å². The van der Waals surface area contributed by atoms with Gasteiger partial charge < -0.3 is 9.80 Å². The quantitative estimate of drug-likeness (QED) is 0.121. The van der Waals surface area contributed by atoms with Crippen molar-refractivity contribution in [3.8, 4) is 51.0 Å². The molecule has 0 amide bonds. The molecule has 0 saturated carbocycles. The Balaban J connectivity index is 0.951. The lowest BCUT2D eigenvalue weighted by atomic mass is 9.83. The number of rotatable bonds is 11. The van der Waals surface area contributed by atoms with Gasteiger partial charge >= 0.3 is 0 Å². The van der Waals surface area contributed by atoms with E-state index in [0.717, 1.165) is 94.5 Å². The summed E-state index contributed by atoms with van der Waals surface area (Å²) < 4.78 is 2.19. The van der Waals surface area contributed by atoms with Crippen LogP contribution in [0.25, 0.3) is 105 Å². The lowest BCUT2D eigenvalue weighted by molar-refractivity contribution is 0.589. The van der Waals surface area contributed by atoms with Crippen LogP contribution < -0.4 is 9.80 Å². The van der Waals surface area contributed by atoms with Gasteiger partial charge in [-0.1, -0.05) is 256 Å². The molecule has 0 aliphatic carbocycles. The molecular formula is C87H74N6. The second-order valence-electron chi connectivity index (χ2n) is 27.7. The number of benzene rings is 13. The molecule has 13 aromatic carbocycles. The first-order chi connectivity index (χ1) is 45.0. The zero-order valence-electron chi connectivity index (χ0n) is 54.3. The van der Waals surface area contributed by atoms with E-state index in [-0.39, 0.29) is 16.2 Å². The molecule has 6 nitrogen and oxygen atoms in total. The van der Waals surface area contributed by atoms with Crippen molar-refractivity contribution < 1.29 is 0 Å². The second kappa shape index (κ2) is 23.1. The van der Waals surface area contributed by atoms with E-state index in [4.69, 9.17) is 15.0 Å². The molecule has 0 aliphatic rings. The van der Waals surface area contributed by atoms with Crippen LogP contribution in [0.2, 0.25) is 0 Å². The van der Waals surface area contributed by atoms with E-state index in [1.165, 1.54) is 43.8 Å². The largest absolute Gasteiger partial charge is 0.310 e. The molecule has 93 heavy (non-hydrogen) atoms. The molecule has 0 saturated heterocycles. The van der Waals surface area contributed by atoms with Gasteiger partial charge in [0.05, 0.1) is 22.4 Å². The van der Waals surface area contributed by atoms with E-state index in [1.54, 1.807) is 0 Å². The molecule has 452 valence electrons. The third-order valence-corrected chi connectivity index (χ3v) is 18.5. The normalized spacial score (nSPS) is 12.1. The number of fused-ring (bicyclic) bond motifs is 7. The summed E-state index contributed by atoms with van der Waals surface area (Å²) in [7, 11) is 0. The minimum atomic E-state index is -0.276. The van der Waals surface area contributed by atoms with Crippen molar-refractivity contribution in [2.45, 2.75) is 78.6 Å². The van der Waals surface area contributed by atoms with Crippen LogP contribution in [-0.4, -0.2) is 19.5 Å². The van der Waals surface area contributed by atoms with Crippen molar-refractivity contribution in [2.75, 3.05) is 9.80 Å². The fraction of sp³-hybridized carbons (Fsp3) is 0.138. The molecule has 2 aromatic heterocycles. The highest BCUT2D eigenvalue weighted by molar-refractivity contribution is 6.14. The Labute approximate surface area is 545 Å². The molecule has 15 rings (SSSR count). The Kier molecular flexibility index (Phi) is 14.5. The Bertz CT molecular complexity index is 5240. The molecule has 0 atom stereocenters. The maximum absolute atomic E-state index is 5.44. The van der Waals surface area contributed by atoms with Gasteiger partial charge in [0.25, 0.3) is 0 Å². The number of nitrogens with zero attached hydrogens (tertiary/aromatic N) is 6. The van der Waals surface area contributed by atoms with Gasteiger partial charge in [-0.2, -0.15) is 9.97 Å². The van der Waals surface area contributed by atoms with Crippen molar-refractivity contribution in [3.05, 3.63) is 302 Å². The first-order valence-electron chi connectivity index (χ1n) is 32.4. The van der Waals surface area contributed by atoms with Crippen LogP contribution >= 0.6 is 0 Å². The third kappa shape index (κ3) is 10.9. The number of hydrogen-bond donors (Lipinski definition) is 0. The first-order valence-corrected chi connectivity index (χ1v) is 32.4. The monoisotopic (exact) mass is 1200 g/mol. The smallest absolute Gasteiger partial charge is 0.238 e. The predicted molar refractivity (Wildman–Crippen MR) is 394 cm³/mol. The lowest BCUT2D eigenvalue weighted by Gasteiger charge is -2.36. The molecule has 15 aromatic rings. The lowest BCUT2D eigenvalue weighted by Crippen LogP contribution is -2.20. The van der Waals surface area contributed by atoms with Crippen LogP contribution in [0.3, 0.4) is 0 Å². The van der Waals surface area contributed by atoms with Gasteiger partial charge in [0.1, 0.15) is 0 Å². The van der Waals surface area contributed by atoms with Gasteiger partial charge in [-0.15, -0.1) is 0 Å². The highest BCUT2D eigenvalue weighted by Crippen LogP contribution is 2.52. The number of hydrogen-bond acceptors (Lipinski definition) is 5. The summed E-state index contributed by atoms with van der Waals surface area (Å²) in [6.45, 7) is 20.7. The SMILES string of the molecule is CC(C)(C)c1ccc(N(c2ccc(-c3nc(-c4cccc5ccccc45)nc(-n4c5ccccc5c5ccccc54)n3)cc2)c2cc(C(C)(C)C)cc(N(c3ccc(-c4cc5ccccc5c5ccccc45)cc3)c3ccc(C(C)(C)C)cc3)c2-c2ccccc2)cc1. The van der Waals surface area contributed by atoms with Crippen LogP contribution in [0.5, 0.6) is 0 Å². The average molecular weight is 1200 g/mol. The van der Waals surface area contributed by atoms with Crippen molar-refractivity contribution in [1.82, 2.24) is 19.5 Å². The zero-order chi connectivity index (χ0) is 63.8. The third-order valence-electron chi connectivity index (χ3n) is 18.5. The van der Waals surface area contributed by atoms with Crippen LogP contribution in [0, 0.1) is 0 Å². The Morgan fingerprint density at radius 2 is 0.699 bits per heavy atom. The molecule has 0 N–H and O–H groups in total. The minimum absolute atomic E-state index is 0.0437. The molecular weight excluding hydrogens is 1130 g/mol. The fourth-order valence-corrected chi connectivity index (χ4v) is 13.5. The van der Waals surface area contributed by atoms with Crippen LogP contribution in [0.15, 0.2) is 285 Å².